The monoisotopic (exact) mass is 439 g/mol. The highest BCUT2D eigenvalue weighted by Gasteiger charge is 2.25. The molecule has 0 aliphatic heterocycles. The van der Waals surface area contributed by atoms with Gasteiger partial charge < -0.3 is 19.5 Å². The molecule has 1 amide bonds. The van der Waals surface area contributed by atoms with E-state index in [4.69, 9.17) is 14.2 Å². The van der Waals surface area contributed by atoms with E-state index in [1.165, 1.54) is 13.2 Å². The number of ether oxygens (including phenoxy) is 3. The molecule has 0 aliphatic rings. The second-order valence-corrected chi connectivity index (χ2v) is 8.09. The van der Waals surface area contributed by atoms with Gasteiger partial charge >= 0.3 is 18.0 Å². The summed E-state index contributed by atoms with van der Waals surface area (Å²) in [6.45, 7) is 5.43. The molecule has 170 valence electrons. The number of methoxy groups -OCH3 is 1. The van der Waals surface area contributed by atoms with Gasteiger partial charge in [0.2, 0.25) is 0 Å². The third kappa shape index (κ3) is 9.04. The molecule has 7 nitrogen and oxygen atoms in total. The molecule has 1 N–H and O–H groups in total. The Hall–Kier alpha value is -3.61. The molecule has 0 fully saturated rings. The van der Waals surface area contributed by atoms with Crippen molar-refractivity contribution in [1.82, 2.24) is 5.32 Å². The highest BCUT2D eigenvalue weighted by molar-refractivity contribution is 5.87. The smallest absolute Gasteiger partial charge is 0.408 e. The van der Waals surface area contributed by atoms with Gasteiger partial charge in [-0.15, -0.1) is 0 Å². The summed E-state index contributed by atoms with van der Waals surface area (Å²) >= 11 is 0. The van der Waals surface area contributed by atoms with Crippen molar-refractivity contribution in [3.63, 3.8) is 0 Å². The molecule has 7 heteroatoms. The van der Waals surface area contributed by atoms with Crippen LogP contribution in [-0.4, -0.2) is 36.8 Å². The number of alkyl carbamates (subject to hydrolysis) is 1. The van der Waals surface area contributed by atoms with Gasteiger partial charge in [0.15, 0.2) is 0 Å². The number of hydrogen-bond acceptors (Lipinski definition) is 6. The van der Waals surface area contributed by atoms with Crippen molar-refractivity contribution in [2.75, 3.05) is 7.11 Å². The van der Waals surface area contributed by atoms with Crippen LogP contribution in [0, 0.1) is 0 Å². The Kier molecular flexibility index (Phi) is 9.01. The molecule has 0 bridgehead atoms. The zero-order valence-corrected chi connectivity index (χ0v) is 18.8. The molecule has 0 unspecified atom stereocenters. The van der Waals surface area contributed by atoms with Crippen molar-refractivity contribution < 1.29 is 28.6 Å². The number of rotatable bonds is 8. The Labute approximate surface area is 188 Å². The maximum atomic E-state index is 12.1. The molecule has 2 aromatic carbocycles. The van der Waals surface area contributed by atoms with Gasteiger partial charge in [0.25, 0.3) is 0 Å². The molecule has 0 aromatic heterocycles. The molecule has 2 rings (SSSR count). The Balaban J connectivity index is 1.92. The lowest BCUT2D eigenvalue weighted by Crippen LogP contribution is -2.45. The molecule has 0 saturated carbocycles. The van der Waals surface area contributed by atoms with Gasteiger partial charge in [-0.05, 0) is 43.5 Å². The fraction of sp³-hybridized carbons (Fsp3) is 0.320. The second-order valence-electron chi connectivity index (χ2n) is 8.09. The van der Waals surface area contributed by atoms with E-state index in [2.05, 4.69) is 5.32 Å². The lowest BCUT2D eigenvalue weighted by molar-refractivity contribution is -0.143. The summed E-state index contributed by atoms with van der Waals surface area (Å²) in [6, 6.07) is 15.8. The summed E-state index contributed by atoms with van der Waals surface area (Å²) in [5.74, 6) is -1.01. The van der Waals surface area contributed by atoms with Gasteiger partial charge in [-0.1, -0.05) is 54.6 Å². The Morgan fingerprint density at radius 2 is 1.62 bits per heavy atom. The fourth-order valence-corrected chi connectivity index (χ4v) is 2.73. The zero-order chi connectivity index (χ0) is 23.6. The number of benzene rings is 2. The van der Waals surface area contributed by atoms with Gasteiger partial charge in [-0.25, -0.2) is 14.4 Å². The maximum absolute atomic E-state index is 12.1. The first-order valence-corrected chi connectivity index (χ1v) is 10.2. The molecule has 0 radical (unpaired) electrons. The summed E-state index contributed by atoms with van der Waals surface area (Å²) in [4.78, 5) is 36.0. The molecule has 0 saturated heterocycles. The normalized spacial score (nSPS) is 12.1. The lowest BCUT2D eigenvalue weighted by Gasteiger charge is -2.22. The van der Waals surface area contributed by atoms with Crippen LogP contribution in [-0.2, 0) is 36.8 Å². The SMILES string of the molecule is COC(=O)[C@H](Cc1ccc(/C=C/C(=O)OCc2ccccc2)cc1)NC(=O)OC(C)(C)C. The lowest BCUT2D eigenvalue weighted by atomic mass is 10.0. The summed E-state index contributed by atoms with van der Waals surface area (Å²) in [6.07, 6.45) is 2.55. The zero-order valence-electron chi connectivity index (χ0n) is 18.8. The minimum absolute atomic E-state index is 0.211. The van der Waals surface area contributed by atoms with Crippen molar-refractivity contribution in [1.29, 1.82) is 0 Å². The maximum Gasteiger partial charge on any atom is 0.408 e. The molecule has 1 atom stereocenters. The average Bonchev–Trinajstić information content (AvgIpc) is 2.75. The molecular weight excluding hydrogens is 410 g/mol. The van der Waals surface area contributed by atoms with E-state index in [1.54, 1.807) is 39.0 Å². The number of carbonyl (C=O) groups excluding carboxylic acids is 3. The van der Waals surface area contributed by atoms with E-state index in [0.717, 1.165) is 16.7 Å². The predicted molar refractivity (Wildman–Crippen MR) is 121 cm³/mol. The van der Waals surface area contributed by atoms with Gasteiger partial charge in [0.05, 0.1) is 7.11 Å². The third-order valence-corrected chi connectivity index (χ3v) is 4.23. The van der Waals surface area contributed by atoms with Crippen LogP contribution in [0.1, 0.15) is 37.5 Å². The summed E-state index contributed by atoms with van der Waals surface area (Å²) in [7, 11) is 1.26. The summed E-state index contributed by atoms with van der Waals surface area (Å²) in [5, 5.41) is 2.54. The number of amides is 1. The predicted octanol–water partition coefficient (Wildman–Crippen LogP) is 4.05. The largest absolute Gasteiger partial charge is 0.467 e. The van der Waals surface area contributed by atoms with Crippen molar-refractivity contribution in [2.24, 2.45) is 0 Å². The van der Waals surface area contributed by atoms with Crippen LogP contribution >= 0.6 is 0 Å². The van der Waals surface area contributed by atoms with Crippen LogP contribution < -0.4 is 5.32 Å². The first-order valence-electron chi connectivity index (χ1n) is 10.2. The molecule has 2 aromatic rings. The van der Waals surface area contributed by atoms with E-state index in [0.29, 0.717) is 0 Å². The van der Waals surface area contributed by atoms with Crippen molar-refractivity contribution in [3.8, 4) is 0 Å². The van der Waals surface area contributed by atoms with Crippen molar-refractivity contribution in [2.45, 2.75) is 45.4 Å². The van der Waals surface area contributed by atoms with Crippen LogP contribution in [0.5, 0.6) is 0 Å². The van der Waals surface area contributed by atoms with Gasteiger partial charge in [-0.3, -0.25) is 0 Å². The van der Waals surface area contributed by atoms with E-state index < -0.39 is 29.7 Å². The quantitative estimate of drug-likeness (QED) is 0.379. The Morgan fingerprint density at radius 3 is 2.22 bits per heavy atom. The molecule has 0 spiro atoms. The number of esters is 2. The highest BCUT2D eigenvalue weighted by atomic mass is 16.6. The topological polar surface area (TPSA) is 90.9 Å². The fourth-order valence-electron chi connectivity index (χ4n) is 2.73. The average molecular weight is 440 g/mol. The van der Waals surface area contributed by atoms with Crippen LogP contribution in [0.4, 0.5) is 4.79 Å². The standard InChI is InChI=1S/C25H29NO6/c1-25(2,3)32-24(29)26-21(23(28)30-4)16-19-12-10-18(11-13-19)14-15-22(27)31-17-20-8-6-5-7-9-20/h5-15,21H,16-17H2,1-4H3,(H,26,29)/b15-14+/t21-/m0/s1. The second kappa shape index (κ2) is 11.7. The van der Waals surface area contributed by atoms with Crippen LogP contribution in [0.15, 0.2) is 60.7 Å². The van der Waals surface area contributed by atoms with E-state index >= 15 is 0 Å². The van der Waals surface area contributed by atoms with Crippen molar-refractivity contribution in [3.05, 3.63) is 77.4 Å². The first kappa shape index (κ1) is 24.7. The summed E-state index contributed by atoms with van der Waals surface area (Å²) < 4.78 is 15.2. The minimum Gasteiger partial charge on any atom is -0.467 e. The van der Waals surface area contributed by atoms with Gasteiger partial charge in [0, 0.05) is 12.5 Å². The number of hydrogen-bond donors (Lipinski definition) is 1. The Morgan fingerprint density at radius 1 is 0.969 bits per heavy atom. The van der Waals surface area contributed by atoms with Gasteiger partial charge in [-0.2, -0.15) is 0 Å². The van der Waals surface area contributed by atoms with Crippen LogP contribution in [0.25, 0.3) is 6.08 Å². The number of nitrogens with one attached hydrogen (secondary N) is 1. The minimum atomic E-state index is -0.885. The van der Waals surface area contributed by atoms with E-state index in [1.807, 2.05) is 42.5 Å². The summed E-state index contributed by atoms with van der Waals surface area (Å²) in [5.41, 5.74) is 1.83. The number of carbonyl (C=O) groups is 3. The third-order valence-electron chi connectivity index (χ3n) is 4.23. The van der Waals surface area contributed by atoms with E-state index in [9.17, 15) is 14.4 Å². The van der Waals surface area contributed by atoms with Crippen LogP contribution in [0.2, 0.25) is 0 Å². The van der Waals surface area contributed by atoms with E-state index in [-0.39, 0.29) is 13.0 Å². The van der Waals surface area contributed by atoms with Crippen LogP contribution in [0.3, 0.4) is 0 Å². The Bertz CT molecular complexity index is 929. The highest BCUT2D eigenvalue weighted by Crippen LogP contribution is 2.12. The molecule has 0 heterocycles. The van der Waals surface area contributed by atoms with Crippen molar-refractivity contribution >= 4 is 24.1 Å². The van der Waals surface area contributed by atoms with Gasteiger partial charge in [0.1, 0.15) is 18.2 Å². The first-order chi connectivity index (χ1) is 15.2. The molecule has 0 aliphatic carbocycles. The molecule has 32 heavy (non-hydrogen) atoms. The molecular formula is C25H29NO6.